The predicted octanol–water partition coefficient (Wildman–Crippen LogP) is 1.92. The second kappa shape index (κ2) is 2.95. The van der Waals surface area contributed by atoms with Gasteiger partial charge in [0.25, 0.3) is 0 Å². The van der Waals surface area contributed by atoms with E-state index in [4.69, 9.17) is 5.84 Å². The van der Waals surface area contributed by atoms with Crippen LogP contribution < -0.4 is 5.84 Å². The molecule has 0 saturated heterocycles. The van der Waals surface area contributed by atoms with Crippen LogP contribution in [-0.4, -0.2) is 14.6 Å². The van der Waals surface area contributed by atoms with Gasteiger partial charge in [0.05, 0.1) is 22.2 Å². The molecule has 0 atom stereocenters. The van der Waals surface area contributed by atoms with Crippen LogP contribution in [0.2, 0.25) is 0 Å². The summed E-state index contributed by atoms with van der Waals surface area (Å²) in [6.07, 6.45) is 1.79. The number of rotatable bonds is 0. The third-order valence-electron chi connectivity index (χ3n) is 2.88. The van der Waals surface area contributed by atoms with Crippen molar-refractivity contribution < 1.29 is 0 Å². The Morgan fingerprint density at radius 3 is 2.81 bits per heavy atom. The summed E-state index contributed by atoms with van der Waals surface area (Å²) in [6, 6.07) is 5.92. The zero-order valence-electron chi connectivity index (χ0n) is 9.23. The normalized spacial score (nSPS) is 11.4. The monoisotopic (exact) mass is 212 g/mol. The molecule has 3 aromatic rings. The smallest absolute Gasteiger partial charge is 0.0984 e. The van der Waals surface area contributed by atoms with Crippen LogP contribution in [-0.2, 0) is 0 Å². The van der Waals surface area contributed by atoms with Gasteiger partial charge < -0.3 is 5.84 Å². The van der Waals surface area contributed by atoms with E-state index in [2.05, 4.69) is 9.97 Å². The maximum Gasteiger partial charge on any atom is 0.0984 e. The SMILES string of the molecule is Cc1ccc2c(n1)c1ccnc(C)c1n2N. The van der Waals surface area contributed by atoms with Crippen LogP contribution in [0.15, 0.2) is 24.4 Å². The van der Waals surface area contributed by atoms with Crippen molar-refractivity contribution in [1.82, 2.24) is 14.6 Å². The molecule has 3 heterocycles. The summed E-state index contributed by atoms with van der Waals surface area (Å²) in [5, 5.41) is 1.06. The molecular weight excluding hydrogens is 200 g/mol. The average Bonchev–Trinajstić information content (AvgIpc) is 2.54. The van der Waals surface area contributed by atoms with E-state index in [0.29, 0.717) is 0 Å². The number of nitrogens with zero attached hydrogens (tertiary/aromatic N) is 3. The summed E-state index contributed by atoms with van der Waals surface area (Å²) in [5.41, 5.74) is 4.76. The Hall–Kier alpha value is -2.10. The molecule has 0 aliphatic carbocycles. The minimum Gasteiger partial charge on any atom is -0.338 e. The summed E-state index contributed by atoms with van der Waals surface area (Å²) in [4.78, 5) is 8.79. The number of aryl methyl sites for hydroxylation is 2. The van der Waals surface area contributed by atoms with Crippen molar-refractivity contribution in [3.8, 4) is 0 Å². The Balaban J connectivity index is 2.65. The highest BCUT2D eigenvalue weighted by atomic mass is 15.3. The van der Waals surface area contributed by atoms with Gasteiger partial charge in [-0.1, -0.05) is 0 Å². The Bertz CT molecular complexity index is 697. The van der Waals surface area contributed by atoms with Crippen LogP contribution in [0.4, 0.5) is 0 Å². The lowest BCUT2D eigenvalue weighted by Crippen LogP contribution is -2.08. The molecule has 80 valence electrons. The molecule has 0 aromatic carbocycles. The Morgan fingerprint density at radius 1 is 1.19 bits per heavy atom. The lowest BCUT2D eigenvalue weighted by atomic mass is 10.2. The molecule has 0 spiro atoms. The number of hydrogen-bond donors (Lipinski definition) is 1. The maximum absolute atomic E-state index is 6.06. The molecule has 0 fully saturated rings. The molecule has 4 nitrogen and oxygen atoms in total. The van der Waals surface area contributed by atoms with Gasteiger partial charge >= 0.3 is 0 Å². The highest BCUT2D eigenvalue weighted by molar-refractivity contribution is 6.06. The van der Waals surface area contributed by atoms with Crippen molar-refractivity contribution in [3.05, 3.63) is 35.8 Å². The minimum absolute atomic E-state index is 0.927. The van der Waals surface area contributed by atoms with E-state index < -0.39 is 0 Å². The van der Waals surface area contributed by atoms with E-state index in [1.54, 1.807) is 10.9 Å². The fourth-order valence-electron chi connectivity index (χ4n) is 2.12. The van der Waals surface area contributed by atoms with E-state index >= 15 is 0 Å². The van der Waals surface area contributed by atoms with Gasteiger partial charge in [-0.05, 0) is 32.0 Å². The van der Waals surface area contributed by atoms with Crippen molar-refractivity contribution in [3.63, 3.8) is 0 Å². The topological polar surface area (TPSA) is 56.7 Å². The fourth-order valence-corrected chi connectivity index (χ4v) is 2.12. The molecule has 3 aromatic heterocycles. The summed E-state index contributed by atoms with van der Waals surface area (Å²) < 4.78 is 1.67. The number of fused-ring (bicyclic) bond motifs is 3. The van der Waals surface area contributed by atoms with E-state index in [9.17, 15) is 0 Å². The quantitative estimate of drug-likeness (QED) is 0.579. The standard InChI is InChI=1S/C12H12N4/c1-7-3-4-10-11(15-7)9-5-6-14-8(2)12(9)16(10)13/h3-6H,13H2,1-2H3. The Morgan fingerprint density at radius 2 is 2.00 bits per heavy atom. The molecule has 2 N–H and O–H groups in total. The van der Waals surface area contributed by atoms with Gasteiger partial charge in [-0.3, -0.25) is 14.6 Å². The predicted molar refractivity (Wildman–Crippen MR) is 64.7 cm³/mol. The Kier molecular flexibility index (Phi) is 1.68. The molecular formula is C12H12N4. The van der Waals surface area contributed by atoms with Crippen LogP contribution >= 0.6 is 0 Å². The Labute approximate surface area is 92.7 Å². The first-order valence-corrected chi connectivity index (χ1v) is 5.17. The number of pyridine rings is 2. The number of nitrogen functional groups attached to an aromatic ring is 1. The summed E-state index contributed by atoms with van der Waals surface area (Å²) in [7, 11) is 0. The van der Waals surface area contributed by atoms with E-state index in [1.807, 2.05) is 32.0 Å². The van der Waals surface area contributed by atoms with E-state index in [-0.39, 0.29) is 0 Å². The highest BCUT2D eigenvalue weighted by Gasteiger charge is 2.11. The van der Waals surface area contributed by atoms with Gasteiger partial charge in [0.1, 0.15) is 0 Å². The second-order valence-electron chi connectivity index (χ2n) is 3.98. The van der Waals surface area contributed by atoms with Gasteiger partial charge in [0.2, 0.25) is 0 Å². The van der Waals surface area contributed by atoms with Gasteiger partial charge in [-0.2, -0.15) is 0 Å². The van der Waals surface area contributed by atoms with Crippen molar-refractivity contribution >= 4 is 21.9 Å². The molecule has 0 bridgehead atoms. The maximum atomic E-state index is 6.06. The zero-order valence-corrected chi connectivity index (χ0v) is 9.23. The van der Waals surface area contributed by atoms with Crippen molar-refractivity contribution in [2.45, 2.75) is 13.8 Å². The van der Waals surface area contributed by atoms with Crippen molar-refractivity contribution in [1.29, 1.82) is 0 Å². The molecule has 0 aliphatic heterocycles. The fraction of sp³-hybridized carbons (Fsp3) is 0.167. The molecule has 16 heavy (non-hydrogen) atoms. The average molecular weight is 212 g/mol. The van der Waals surface area contributed by atoms with E-state index in [0.717, 1.165) is 33.3 Å². The van der Waals surface area contributed by atoms with Crippen molar-refractivity contribution in [2.24, 2.45) is 0 Å². The molecule has 0 radical (unpaired) electrons. The molecule has 0 saturated carbocycles. The highest BCUT2D eigenvalue weighted by Crippen LogP contribution is 2.26. The largest absolute Gasteiger partial charge is 0.338 e. The van der Waals surface area contributed by atoms with Gasteiger partial charge in [-0.15, -0.1) is 0 Å². The van der Waals surface area contributed by atoms with Gasteiger partial charge in [0, 0.05) is 17.3 Å². The molecule has 4 heteroatoms. The number of aromatic nitrogens is 3. The summed E-state index contributed by atoms with van der Waals surface area (Å²) in [6.45, 7) is 3.94. The molecule has 3 rings (SSSR count). The number of hydrogen-bond acceptors (Lipinski definition) is 3. The van der Waals surface area contributed by atoms with E-state index in [1.165, 1.54) is 0 Å². The minimum atomic E-state index is 0.927. The van der Waals surface area contributed by atoms with Crippen LogP contribution in [0.1, 0.15) is 11.4 Å². The van der Waals surface area contributed by atoms with Gasteiger partial charge in [-0.25, -0.2) is 0 Å². The van der Waals surface area contributed by atoms with Crippen molar-refractivity contribution in [2.75, 3.05) is 5.84 Å². The summed E-state index contributed by atoms with van der Waals surface area (Å²) >= 11 is 0. The van der Waals surface area contributed by atoms with Crippen LogP contribution in [0.5, 0.6) is 0 Å². The third kappa shape index (κ3) is 1.04. The first-order chi connectivity index (χ1) is 7.68. The zero-order chi connectivity index (χ0) is 11.3. The van der Waals surface area contributed by atoms with Crippen LogP contribution in [0, 0.1) is 13.8 Å². The molecule has 0 unspecified atom stereocenters. The first-order valence-electron chi connectivity index (χ1n) is 5.17. The van der Waals surface area contributed by atoms with Gasteiger partial charge in [0.15, 0.2) is 0 Å². The van der Waals surface area contributed by atoms with Crippen LogP contribution in [0.25, 0.3) is 21.9 Å². The number of nitrogens with two attached hydrogens (primary N) is 1. The first kappa shape index (κ1) is 9.15. The lowest BCUT2D eigenvalue weighted by molar-refractivity contribution is 1.08. The third-order valence-corrected chi connectivity index (χ3v) is 2.88. The molecule has 0 aliphatic rings. The summed E-state index contributed by atoms with van der Waals surface area (Å²) in [5.74, 6) is 6.06. The molecule has 0 amide bonds. The second-order valence-corrected chi connectivity index (χ2v) is 3.98. The van der Waals surface area contributed by atoms with Crippen LogP contribution in [0.3, 0.4) is 0 Å². The lowest BCUT2D eigenvalue weighted by Gasteiger charge is -1.99.